The van der Waals surface area contributed by atoms with E-state index in [1.165, 1.54) is 0 Å². The van der Waals surface area contributed by atoms with Gasteiger partial charge in [0.2, 0.25) is 5.91 Å². The van der Waals surface area contributed by atoms with Gasteiger partial charge in [0.15, 0.2) is 0 Å². The number of hydrogen-bond donors (Lipinski definition) is 2. The van der Waals surface area contributed by atoms with Crippen molar-refractivity contribution in [3.8, 4) is 0 Å². The van der Waals surface area contributed by atoms with Crippen LogP contribution in [0.3, 0.4) is 0 Å². The lowest BCUT2D eigenvalue weighted by atomic mass is 9.54. The number of carbonyl (C=O) groups excluding carboxylic acids is 1. The van der Waals surface area contributed by atoms with Crippen LogP contribution in [0.1, 0.15) is 53.9 Å². The predicted octanol–water partition coefficient (Wildman–Crippen LogP) is 1.54. The van der Waals surface area contributed by atoms with Gasteiger partial charge < -0.3 is 14.7 Å². The van der Waals surface area contributed by atoms with Crippen LogP contribution in [-0.2, 0) is 9.53 Å². The fourth-order valence-corrected chi connectivity index (χ4v) is 3.92. The Morgan fingerprint density at radius 2 is 2.14 bits per heavy atom. The summed E-state index contributed by atoms with van der Waals surface area (Å²) in [4.78, 5) is 14.6. The van der Waals surface area contributed by atoms with Crippen molar-refractivity contribution in [2.75, 3.05) is 19.8 Å². The van der Waals surface area contributed by atoms with Crippen molar-refractivity contribution in [3.63, 3.8) is 0 Å². The average molecular weight is 312 g/mol. The van der Waals surface area contributed by atoms with Gasteiger partial charge in [-0.05, 0) is 40.0 Å². The molecule has 2 aliphatic rings. The van der Waals surface area contributed by atoms with E-state index in [1.54, 1.807) is 0 Å². The van der Waals surface area contributed by atoms with Gasteiger partial charge in [-0.3, -0.25) is 10.1 Å². The monoisotopic (exact) mass is 312 g/mol. The fourth-order valence-electron chi connectivity index (χ4n) is 3.92. The molecule has 1 aliphatic heterocycles. The Morgan fingerprint density at radius 3 is 2.64 bits per heavy atom. The van der Waals surface area contributed by atoms with E-state index in [9.17, 15) is 9.90 Å². The lowest BCUT2D eigenvalue weighted by Gasteiger charge is -2.62. The first-order valence-corrected chi connectivity index (χ1v) is 8.59. The Balaban J connectivity index is 2.09. The summed E-state index contributed by atoms with van der Waals surface area (Å²) in [6.45, 7) is 11.9. The minimum Gasteiger partial charge on any atom is -0.394 e. The molecule has 5 nitrogen and oxygen atoms in total. The maximum absolute atomic E-state index is 12.7. The molecule has 0 spiro atoms. The Hall–Kier alpha value is -0.650. The largest absolute Gasteiger partial charge is 0.394 e. The first-order valence-electron chi connectivity index (χ1n) is 8.59. The normalized spacial score (nSPS) is 34.9. The minimum absolute atomic E-state index is 0.0367. The van der Waals surface area contributed by atoms with Crippen LogP contribution >= 0.6 is 0 Å². The van der Waals surface area contributed by atoms with Crippen LogP contribution in [0.5, 0.6) is 0 Å². The molecule has 2 rings (SSSR count). The number of ether oxygens (including phenoxy) is 1. The van der Waals surface area contributed by atoms with E-state index in [1.807, 2.05) is 11.8 Å². The number of likely N-dealkylation sites (tertiary alicyclic amines) is 1. The van der Waals surface area contributed by atoms with Crippen molar-refractivity contribution < 1.29 is 14.6 Å². The zero-order chi connectivity index (χ0) is 16.5. The van der Waals surface area contributed by atoms with Gasteiger partial charge in [-0.15, -0.1) is 0 Å². The molecule has 0 aromatic carbocycles. The number of aliphatic hydroxyl groups is 1. The van der Waals surface area contributed by atoms with Gasteiger partial charge in [-0.1, -0.05) is 13.8 Å². The molecule has 1 aliphatic carbocycles. The number of aliphatic hydroxyl groups excluding tert-OH is 1. The van der Waals surface area contributed by atoms with E-state index >= 15 is 0 Å². The first-order chi connectivity index (χ1) is 10.3. The highest BCUT2D eigenvalue weighted by Crippen LogP contribution is 2.51. The number of piperidine rings is 1. The number of carbonyl (C=O) groups is 1. The second-order valence-electron chi connectivity index (χ2n) is 7.57. The van der Waals surface area contributed by atoms with E-state index in [4.69, 9.17) is 4.74 Å². The maximum Gasteiger partial charge on any atom is 0.239 e. The van der Waals surface area contributed by atoms with Gasteiger partial charge in [-0.25, -0.2) is 0 Å². The summed E-state index contributed by atoms with van der Waals surface area (Å²) in [7, 11) is 0. The number of hydrogen-bond acceptors (Lipinski definition) is 4. The lowest BCUT2D eigenvalue weighted by molar-refractivity contribution is -0.183. The molecule has 3 atom stereocenters. The molecule has 0 unspecified atom stereocenters. The van der Waals surface area contributed by atoms with Gasteiger partial charge in [-0.2, -0.15) is 0 Å². The summed E-state index contributed by atoms with van der Waals surface area (Å²) in [5.41, 5.74) is -0.606. The molecule has 2 N–H and O–H groups in total. The highest BCUT2D eigenvalue weighted by Gasteiger charge is 2.61. The van der Waals surface area contributed by atoms with E-state index in [0.29, 0.717) is 6.61 Å². The standard InChI is InChI=1S/C17H32N2O3/c1-6-22-14-10-17(11-20,16(14,4)5)18-13-8-7-9-19(12(2)3)15(13)21/h12-14,18,20H,6-11H2,1-5H3/t13-,14+,17-/m0/s1. The smallest absolute Gasteiger partial charge is 0.239 e. The van der Waals surface area contributed by atoms with Crippen LogP contribution in [0.15, 0.2) is 0 Å². The second kappa shape index (κ2) is 6.46. The fraction of sp³-hybridized carbons (Fsp3) is 0.941. The van der Waals surface area contributed by atoms with Crippen molar-refractivity contribution in [3.05, 3.63) is 0 Å². The van der Waals surface area contributed by atoms with Crippen LogP contribution in [0.2, 0.25) is 0 Å². The van der Waals surface area contributed by atoms with Crippen molar-refractivity contribution in [2.24, 2.45) is 5.41 Å². The van der Waals surface area contributed by atoms with E-state index in [-0.39, 0.29) is 36.1 Å². The van der Waals surface area contributed by atoms with E-state index in [0.717, 1.165) is 25.8 Å². The van der Waals surface area contributed by atoms with Gasteiger partial charge in [0, 0.05) is 24.6 Å². The lowest BCUT2D eigenvalue weighted by Crippen LogP contribution is -2.76. The Labute approximate surface area is 134 Å². The van der Waals surface area contributed by atoms with E-state index < -0.39 is 5.54 Å². The summed E-state index contributed by atoms with van der Waals surface area (Å²) < 4.78 is 5.78. The third-order valence-corrected chi connectivity index (χ3v) is 5.76. The second-order valence-corrected chi connectivity index (χ2v) is 7.57. The Morgan fingerprint density at radius 1 is 1.45 bits per heavy atom. The minimum atomic E-state index is -0.423. The summed E-state index contributed by atoms with van der Waals surface area (Å²) in [5, 5.41) is 13.5. The van der Waals surface area contributed by atoms with Crippen LogP contribution in [0, 0.1) is 5.41 Å². The molecule has 1 saturated carbocycles. The van der Waals surface area contributed by atoms with Gasteiger partial charge in [0.05, 0.1) is 24.3 Å². The molecule has 0 radical (unpaired) electrons. The molecular formula is C17H32N2O3. The van der Waals surface area contributed by atoms with Crippen molar-refractivity contribution in [1.82, 2.24) is 10.2 Å². The van der Waals surface area contributed by atoms with Crippen molar-refractivity contribution in [2.45, 2.75) is 77.6 Å². The quantitative estimate of drug-likeness (QED) is 0.781. The molecule has 1 saturated heterocycles. The van der Waals surface area contributed by atoms with Crippen LogP contribution in [0.25, 0.3) is 0 Å². The van der Waals surface area contributed by atoms with Crippen molar-refractivity contribution >= 4 is 5.91 Å². The predicted molar refractivity (Wildman–Crippen MR) is 86.6 cm³/mol. The number of nitrogens with one attached hydrogen (secondary N) is 1. The summed E-state index contributed by atoms with van der Waals surface area (Å²) in [5.74, 6) is 0.171. The SMILES string of the molecule is CCO[C@@H]1C[C@@](CO)(N[C@H]2CCCN(C(C)C)C2=O)C1(C)C. The molecular weight excluding hydrogens is 280 g/mol. The van der Waals surface area contributed by atoms with Gasteiger partial charge in [0.25, 0.3) is 0 Å². The van der Waals surface area contributed by atoms with Crippen LogP contribution < -0.4 is 5.32 Å². The molecule has 1 heterocycles. The van der Waals surface area contributed by atoms with Gasteiger partial charge in [0.1, 0.15) is 0 Å². The molecule has 0 aromatic rings. The summed E-state index contributed by atoms with van der Waals surface area (Å²) in [6.07, 6.45) is 2.75. The molecule has 0 bridgehead atoms. The summed E-state index contributed by atoms with van der Waals surface area (Å²) >= 11 is 0. The average Bonchev–Trinajstić information content (AvgIpc) is 2.47. The summed E-state index contributed by atoms with van der Waals surface area (Å²) in [6, 6.07) is 0.0397. The van der Waals surface area contributed by atoms with Crippen LogP contribution in [0.4, 0.5) is 0 Å². The Bertz CT molecular complexity index is 411. The molecule has 2 fully saturated rings. The molecule has 5 heteroatoms. The first kappa shape index (κ1) is 17.7. The zero-order valence-electron chi connectivity index (χ0n) is 14.7. The molecule has 0 aromatic heterocycles. The molecule has 1 amide bonds. The third-order valence-electron chi connectivity index (χ3n) is 5.76. The maximum atomic E-state index is 12.7. The molecule has 128 valence electrons. The Kier molecular flexibility index (Phi) is 5.20. The highest BCUT2D eigenvalue weighted by molar-refractivity contribution is 5.83. The number of rotatable bonds is 6. The zero-order valence-corrected chi connectivity index (χ0v) is 14.7. The van der Waals surface area contributed by atoms with E-state index in [2.05, 4.69) is 33.0 Å². The van der Waals surface area contributed by atoms with Crippen LogP contribution in [-0.4, -0.2) is 59.4 Å². The number of nitrogens with zero attached hydrogens (tertiary/aromatic N) is 1. The number of amides is 1. The topological polar surface area (TPSA) is 61.8 Å². The molecule has 22 heavy (non-hydrogen) atoms. The highest BCUT2D eigenvalue weighted by atomic mass is 16.5. The van der Waals surface area contributed by atoms with Crippen molar-refractivity contribution in [1.29, 1.82) is 0 Å². The third kappa shape index (κ3) is 2.79. The van der Waals surface area contributed by atoms with Gasteiger partial charge >= 0.3 is 0 Å².